The molecule has 5 heteroatoms. The monoisotopic (exact) mass is 292 g/mol. The standard InChI is InChI=1S/C16H18F2N2O/c1-11-4-3-9-20-14(11)10-15(19-2)12-5-7-13(8-6-12)21-16(17)18/h3-9,15-16,19H,10H2,1-2H3. The lowest BCUT2D eigenvalue weighted by Gasteiger charge is -2.17. The highest BCUT2D eigenvalue weighted by Crippen LogP contribution is 2.22. The average molecular weight is 292 g/mol. The van der Waals surface area contributed by atoms with Gasteiger partial charge in [-0.25, -0.2) is 0 Å². The minimum atomic E-state index is -2.80. The molecule has 0 bridgehead atoms. The highest BCUT2D eigenvalue weighted by atomic mass is 19.3. The van der Waals surface area contributed by atoms with Crippen molar-refractivity contribution in [2.24, 2.45) is 0 Å². The van der Waals surface area contributed by atoms with Gasteiger partial charge >= 0.3 is 6.61 Å². The summed E-state index contributed by atoms with van der Waals surface area (Å²) in [6, 6.07) is 10.7. The van der Waals surface area contributed by atoms with Gasteiger partial charge in [0.15, 0.2) is 0 Å². The third kappa shape index (κ3) is 4.23. The van der Waals surface area contributed by atoms with Gasteiger partial charge in [-0.3, -0.25) is 4.98 Å². The van der Waals surface area contributed by atoms with E-state index in [-0.39, 0.29) is 11.8 Å². The van der Waals surface area contributed by atoms with Gasteiger partial charge in [0.2, 0.25) is 0 Å². The Hall–Kier alpha value is -2.01. The molecule has 21 heavy (non-hydrogen) atoms. The van der Waals surface area contributed by atoms with E-state index in [9.17, 15) is 8.78 Å². The van der Waals surface area contributed by atoms with Gasteiger partial charge in [0.1, 0.15) is 5.75 Å². The van der Waals surface area contributed by atoms with Gasteiger partial charge < -0.3 is 10.1 Å². The predicted molar refractivity (Wildman–Crippen MR) is 77.6 cm³/mol. The van der Waals surface area contributed by atoms with E-state index in [4.69, 9.17) is 0 Å². The van der Waals surface area contributed by atoms with Gasteiger partial charge in [-0.15, -0.1) is 0 Å². The molecule has 1 heterocycles. The summed E-state index contributed by atoms with van der Waals surface area (Å²) >= 11 is 0. The highest BCUT2D eigenvalue weighted by molar-refractivity contribution is 5.30. The third-order valence-electron chi connectivity index (χ3n) is 3.37. The van der Waals surface area contributed by atoms with Crippen LogP contribution in [0.1, 0.15) is 22.9 Å². The van der Waals surface area contributed by atoms with Crippen LogP contribution in [0.3, 0.4) is 0 Å². The Kier molecular flexibility index (Phi) is 5.22. The number of nitrogens with zero attached hydrogens (tertiary/aromatic N) is 1. The number of halogens is 2. The molecule has 0 saturated heterocycles. The van der Waals surface area contributed by atoms with Crippen LogP contribution >= 0.6 is 0 Å². The van der Waals surface area contributed by atoms with Crippen LogP contribution in [-0.2, 0) is 6.42 Å². The smallest absolute Gasteiger partial charge is 0.387 e. The first-order valence-corrected chi connectivity index (χ1v) is 6.72. The molecule has 0 aliphatic heterocycles. The second kappa shape index (κ2) is 7.13. The summed E-state index contributed by atoms with van der Waals surface area (Å²) < 4.78 is 28.6. The SMILES string of the molecule is CNC(Cc1ncccc1C)c1ccc(OC(F)F)cc1. The lowest BCUT2D eigenvalue weighted by atomic mass is 10.00. The van der Waals surface area contributed by atoms with E-state index in [1.54, 1.807) is 30.5 Å². The Morgan fingerprint density at radius 2 is 1.90 bits per heavy atom. The predicted octanol–water partition coefficient (Wildman–Crippen LogP) is 3.49. The molecule has 2 rings (SSSR count). The second-order valence-electron chi connectivity index (χ2n) is 4.76. The minimum absolute atomic E-state index is 0.0687. The number of benzene rings is 1. The van der Waals surface area contributed by atoms with Crippen molar-refractivity contribution in [1.82, 2.24) is 10.3 Å². The van der Waals surface area contributed by atoms with E-state index in [1.165, 1.54) is 0 Å². The Bertz CT molecular complexity index is 573. The van der Waals surface area contributed by atoms with Gasteiger partial charge in [-0.05, 0) is 43.3 Å². The fourth-order valence-electron chi connectivity index (χ4n) is 2.19. The zero-order valence-corrected chi connectivity index (χ0v) is 12.0. The molecule has 1 unspecified atom stereocenters. The van der Waals surface area contributed by atoms with Gasteiger partial charge in [-0.2, -0.15) is 8.78 Å². The summed E-state index contributed by atoms with van der Waals surface area (Å²) in [5, 5.41) is 3.23. The van der Waals surface area contributed by atoms with Crippen molar-refractivity contribution in [3.8, 4) is 5.75 Å². The van der Waals surface area contributed by atoms with Crippen molar-refractivity contribution in [3.05, 3.63) is 59.4 Å². The number of likely N-dealkylation sites (N-methyl/N-ethyl adjacent to an activating group) is 1. The number of nitrogens with one attached hydrogen (secondary N) is 1. The molecule has 0 radical (unpaired) electrons. The van der Waals surface area contributed by atoms with Crippen molar-refractivity contribution in [1.29, 1.82) is 0 Å². The molecular formula is C16H18F2N2O. The lowest BCUT2D eigenvalue weighted by molar-refractivity contribution is -0.0498. The van der Waals surface area contributed by atoms with Crippen molar-refractivity contribution >= 4 is 0 Å². The van der Waals surface area contributed by atoms with Crippen LogP contribution < -0.4 is 10.1 Å². The van der Waals surface area contributed by atoms with Crippen molar-refractivity contribution in [3.63, 3.8) is 0 Å². The number of hydrogen-bond donors (Lipinski definition) is 1. The Labute approximate surface area is 123 Å². The topological polar surface area (TPSA) is 34.2 Å². The molecular weight excluding hydrogens is 274 g/mol. The largest absolute Gasteiger partial charge is 0.435 e. The van der Waals surface area contributed by atoms with E-state index >= 15 is 0 Å². The molecule has 0 spiro atoms. The lowest BCUT2D eigenvalue weighted by Crippen LogP contribution is -2.19. The molecule has 0 saturated carbocycles. The molecule has 1 aromatic heterocycles. The van der Waals surface area contributed by atoms with Crippen LogP contribution in [0.5, 0.6) is 5.75 Å². The van der Waals surface area contributed by atoms with E-state index in [0.29, 0.717) is 0 Å². The van der Waals surface area contributed by atoms with Crippen LogP contribution in [-0.4, -0.2) is 18.6 Å². The van der Waals surface area contributed by atoms with Crippen LogP contribution in [0.2, 0.25) is 0 Å². The average Bonchev–Trinajstić information content (AvgIpc) is 2.47. The Morgan fingerprint density at radius 1 is 1.19 bits per heavy atom. The Morgan fingerprint density at radius 3 is 2.48 bits per heavy atom. The number of rotatable bonds is 6. The maximum atomic E-state index is 12.1. The zero-order chi connectivity index (χ0) is 15.2. The quantitative estimate of drug-likeness (QED) is 0.885. The summed E-state index contributed by atoms with van der Waals surface area (Å²) in [5.74, 6) is 0.164. The second-order valence-corrected chi connectivity index (χ2v) is 4.76. The number of hydrogen-bond acceptors (Lipinski definition) is 3. The van der Waals surface area contributed by atoms with Gasteiger partial charge in [0, 0.05) is 24.4 Å². The van der Waals surface area contributed by atoms with Gasteiger partial charge in [0.25, 0.3) is 0 Å². The molecule has 0 aliphatic carbocycles. The molecule has 0 aliphatic rings. The van der Waals surface area contributed by atoms with Crippen molar-refractivity contribution < 1.29 is 13.5 Å². The summed E-state index contributed by atoms with van der Waals surface area (Å²) in [7, 11) is 1.87. The molecule has 2 aromatic rings. The van der Waals surface area contributed by atoms with Crippen LogP contribution in [0.15, 0.2) is 42.6 Å². The molecule has 1 atom stereocenters. The fraction of sp³-hybridized carbons (Fsp3) is 0.312. The number of alkyl halides is 2. The molecule has 112 valence electrons. The molecule has 0 amide bonds. The first kappa shape index (κ1) is 15.4. The van der Waals surface area contributed by atoms with Gasteiger partial charge in [0.05, 0.1) is 0 Å². The zero-order valence-electron chi connectivity index (χ0n) is 12.0. The minimum Gasteiger partial charge on any atom is -0.435 e. The first-order chi connectivity index (χ1) is 10.1. The summed E-state index contributed by atoms with van der Waals surface area (Å²) in [6.07, 6.45) is 2.51. The van der Waals surface area contributed by atoms with E-state index in [2.05, 4.69) is 15.0 Å². The van der Waals surface area contributed by atoms with Gasteiger partial charge in [-0.1, -0.05) is 18.2 Å². The number of aryl methyl sites for hydroxylation is 1. The van der Waals surface area contributed by atoms with E-state index in [1.807, 2.05) is 26.1 Å². The van der Waals surface area contributed by atoms with Crippen LogP contribution in [0.25, 0.3) is 0 Å². The van der Waals surface area contributed by atoms with Crippen molar-refractivity contribution in [2.45, 2.75) is 26.0 Å². The summed E-state index contributed by atoms with van der Waals surface area (Å²) in [6.45, 7) is -0.777. The maximum absolute atomic E-state index is 12.1. The van der Waals surface area contributed by atoms with Crippen LogP contribution in [0, 0.1) is 6.92 Å². The normalized spacial score (nSPS) is 12.4. The van der Waals surface area contributed by atoms with E-state index < -0.39 is 6.61 Å². The molecule has 1 aromatic carbocycles. The number of aromatic nitrogens is 1. The van der Waals surface area contributed by atoms with E-state index in [0.717, 1.165) is 23.2 Å². The highest BCUT2D eigenvalue weighted by Gasteiger charge is 2.13. The molecule has 0 fully saturated rings. The number of ether oxygens (including phenoxy) is 1. The number of pyridine rings is 1. The summed E-state index contributed by atoms with van der Waals surface area (Å²) in [5.41, 5.74) is 3.16. The van der Waals surface area contributed by atoms with Crippen molar-refractivity contribution in [2.75, 3.05) is 7.05 Å². The third-order valence-corrected chi connectivity index (χ3v) is 3.37. The fourth-order valence-corrected chi connectivity index (χ4v) is 2.19. The summed E-state index contributed by atoms with van der Waals surface area (Å²) in [4.78, 5) is 4.38. The molecule has 3 nitrogen and oxygen atoms in total. The Balaban J connectivity index is 2.12. The first-order valence-electron chi connectivity index (χ1n) is 6.72. The molecule has 1 N–H and O–H groups in total. The van der Waals surface area contributed by atoms with Crippen LogP contribution in [0.4, 0.5) is 8.78 Å². The maximum Gasteiger partial charge on any atom is 0.387 e.